The lowest BCUT2D eigenvalue weighted by Crippen LogP contribution is -2.42. The Labute approximate surface area is 197 Å². The Bertz CT molecular complexity index is 1010. The number of thioether (sulfide) groups is 1. The van der Waals surface area contributed by atoms with E-state index in [1.165, 1.54) is 42.3 Å². The minimum Gasteiger partial charge on any atom is -0.493 e. The van der Waals surface area contributed by atoms with Gasteiger partial charge in [-0.2, -0.15) is 11.8 Å². The number of carbonyl (C=O) groups is 3. The van der Waals surface area contributed by atoms with Gasteiger partial charge in [0.05, 0.1) is 13.5 Å². The van der Waals surface area contributed by atoms with Crippen LogP contribution in [0.2, 0.25) is 0 Å². The maximum absolute atomic E-state index is 12.9. The molecule has 0 fully saturated rings. The number of fused-ring (bicyclic) bond motifs is 1. The highest BCUT2D eigenvalue weighted by atomic mass is 32.2. The zero-order chi connectivity index (χ0) is 23.8. The van der Waals surface area contributed by atoms with Crippen LogP contribution >= 0.6 is 11.8 Å². The van der Waals surface area contributed by atoms with Gasteiger partial charge in [-0.05, 0) is 37.1 Å². The van der Waals surface area contributed by atoms with Crippen molar-refractivity contribution in [3.8, 4) is 11.5 Å². The predicted octanol–water partition coefficient (Wildman–Crippen LogP) is 2.97. The largest absolute Gasteiger partial charge is 0.493 e. The number of esters is 2. The Hall–Kier alpha value is -3.07. The zero-order valence-corrected chi connectivity index (χ0v) is 19.8. The van der Waals surface area contributed by atoms with Crippen molar-refractivity contribution >= 4 is 29.6 Å². The van der Waals surface area contributed by atoms with Crippen molar-refractivity contribution in [1.82, 2.24) is 10.3 Å². The monoisotopic (exact) mass is 472 g/mol. The fraction of sp³-hybridized carbons (Fsp3) is 0.417. The predicted molar refractivity (Wildman–Crippen MR) is 125 cm³/mol. The molecular formula is C24H28N2O6S. The van der Waals surface area contributed by atoms with Crippen LogP contribution in [0.5, 0.6) is 11.5 Å². The topological polar surface area (TPSA) is 104 Å². The fourth-order valence-electron chi connectivity index (χ4n) is 3.56. The second-order valence-electron chi connectivity index (χ2n) is 7.67. The summed E-state index contributed by atoms with van der Waals surface area (Å²) in [5, 5.41) is 2.59. The van der Waals surface area contributed by atoms with Gasteiger partial charge in [-0.3, -0.25) is 9.59 Å². The van der Waals surface area contributed by atoms with Crippen LogP contribution in [-0.2, 0) is 27.2 Å². The van der Waals surface area contributed by atoms with E-state index in [4.69, 9.17) is 14.2 Å². The number of benzene rings is 1. The van der Waals surface area contributed by atoms with Crippen LogP contribution in [0.25, 0.3) is 0 Å². The Morgan fingerprint density at radius 3 is 2.70 bits per heavy atom. The molecule has 0 radical (unpaired) electrons. The number of ether oxygens (including phenoxy) is 3. The lowest BCUT2D eigenvalue weighted by Gasteiger charge is -2.26. The molecule has 0 saturated carbocycles. The number of amides is 1. The number of nitrogens with zero attached hydrogens (tertiary/aromatic N) is 1. The average molecular weight is 473 g/mol. The second-order valence-corrected chi connectivity index (χ2v) is 8.66. The van der Waals surface area contributed by atoms with Crippen LogP contribution < -0.4 is 14.8 Å². The van der Waals surface area contributed by atoms with Gasteiger partial charge in [-0.25, -0.2) is 9.78 Å². The van der Waals surface area contributed by atoms with Crippen LogP contribution in [0.1, 0.15) is 41.4 Å². The van der Waals surface area contributed by atoms with Crippen LogP contribution in [0, 0.1) is 0 Å². The standard InChI is InChI=1S/C24H28N2O6S/c1-15(24(29)31-18-9-8-16-6-4-5-7-17(16)14-18)26-23(28)21-22(19(30-2)10-12-25-21)32-20(27)11-13-33-3/h4-7,10,12,15,18H,8-9,11,13-14H2,1-3H3,(H,26,28)/t15-,18?/m0/s1. The number of hydrogen-bond acceptors (Lipinski definition) is 8. The number of aryl methyl sites for hydroxylation is 1. The van der Waals surface area contributed by atoms with Crippen molar-refractivity contribution in [2.75, 3.05) is 19.1 Å². The van der Waals surface area contributed by atoms with Crippen LogP contribution in [-0.4, -0.2) is 54.1 Å². The first-order valence-electron chi connectivity index (χ1n) is 10.7. The lowest BCUT2D eigenvalue weighted by molar-refractivity contribution is -0.151. The van der Waals surface area contributed by atoms with Crippen molar-refractivity contribution in [1.29, 1.82) is 0 Å². The molecule has 1 amide bonds. The maximum atomic E-state index is 12.9. The summed E-state index contributed by atoms with van der Waals surface area (Å²) in [5.41, 5.74) is 2.31. The van der Waals surface area contributed by atoms with Crippen molar-refractivity contribution in [3.05, 3.63) is 53.3 Å². The Kier molecular flexibility index (Phi) is 8.71. The molecule has 2 atom stereocenters. The van der Waals surface area contributed by atoms with Gasteiger partial charge < -0.3 is 19.5 Å². The fourth-order valence-corrected chi connectivity index (χ4v) is 3.93. The SMILES string of the molecule is COc1ccnc(C(=O)N[C@@H](C)C(=O)OC2CCc3ccccc3C2)c1OC(=O)CCSC. The van der Waals surface area contributed by atoms with Crippen LogP contribution in [0.3, 0.4) is 0 Å². The summed E-state index contributed by atoms with van der Waals surface area (Å²) in [5.74, 6) is -1.00. The van der Waals surface area contributed by atoms with Gasteiger partial charge in [-0.15, -0.1) is 0 Å². The van der Waals surface area contributed by atoms with E-state index < -0.39 is 23.9 Å². The first-order chi connectivity index (χ1) is 15.9. The minimum atomic E-state index is -0.914. The molecule has 9 heteroatoms. The molecule has 33 heavy (non-hydrogen) atoms. The minimum absolute atomic E-state index is 0.0759. The molecule has 0 saturated heterocycles. The van der Waals surface area contributed by atoms with E-state index in [0.29, 0.717) is 12.2 Å². The van der Waals surface area contributed by atoms with Gasteiger partial charge in [0.1, 0.15) is 12.1 Å². The van der Waals surface area contributed by atoms with E-state index in [1.807, 2.05) is 24.5 Å². The molecule has 0 bridgehead atoms. The second kappa shape index (κ2) is 11.7. The third kappa shape index (κ3) is 6.47. The molecular weight excluding hydrogens is 444 g/mol. The number of carbonyl (C=O) groups excluding carboxylic acids is 3. The molecule has 1 aromatic heterocycles. The third-order valence-corrected chi connectivity index (χ3v) is 5.93. The number of hydrogen-bond donors (Lipinski definition) is 1. The van der Waals surface area contributed by atoms with Crippen LogP contribution in [0.15, 0.2) is 36.5 Å². The van der Waals surface area contributed by atoms with E-state index in [0.717, 1.165) is 12.8 Å². The van der Waals surface area contributed by atoms with Crippen LogP contribution in [0.4, 0.5) is 0 Å². The van der Waals surface area contributed by atoms with E-state index in [2.05, 4.69) is 16.4 Å². The Balaban J connectivity index is 1.64. The summed E-state index contributed by atoms with van der Waals surface area (Å²) >= 11 is 1.50. The number of rotatable bonds is 9. The summed E-state index contributed by atoms with van der Waals surface area (Å²) in [4.78, 5) is 41.7. The van der Waals surface area contributed by atoms with Crippen molar-refractivity contribution in [3.63, 3.8) is 0 Å². The van der Waals surface area contributed by atoms with Gasteiger partial charge in [0.25, 0.3) is 5.91 Å². The number of pyridine rings is 1. The number of nitrogens with one attached hydrogen (secondary N) is 1. The molecule has 1 N–H and O–H groups in total. The summed E-state index contributed by atoms with van der Waals surface area (Å²) in [6.45, 7) is 1.54. The van der Waals surface area contributed by atoms with Gasteiger partial charge in [0.2, 0.25) is 5.75 Å². The molecule has 0 aliphatic heterocycles. The summed E-state index contributed by atoms with van der Waals surface area (Å²) in [6, 6.07) is 8.68. The summed E-state index contributed by atoms with van der Waals surface area (Å²) < 4.78 is 16.2. The first-order valence-corrected chi connectivity index (χ1v) is 12.1. The normalized spacial score (nSPS) is 15.7. The van der Waals surface area contributed by atoms with Gasteiger partial charge in [-0.1, -0.05) is 24.3 Å². The molecule has 176 valence electrons. The van der Waals surface area contributed by atoms with Crippen molar-refractivity contribution < 1.29 is 28.6 Å². The molecule has 2 aromatic rings. The van der Waals surface area contributed by atoms with Crippen molar-refractivity contribution in [2.45, 2.75) is 44.8 Å². The van der Waals surface area contributed by atoms with Crippen molar-refractivity contribution in [2.24, 2.45) is 0 Å². The summed E-state index contributed by atoms with van der Waals surface area (Å²) in [7, 11) is 1.40. The van der Waals surface area contributed by atoms with E-state index in [9.17, 15) is 14.4 Å². The zero-order valence-electron chi connectivity index (χ0n) is 19.0. The molecule has 1 aliphatic rings. The number of methoxy groups -OCH3 is 1. The first kappa shape index (κ1) is 24.6. The molecule has 3 rings (SSSR count). The van der Waals surface area contributed by atoms with Gasteiger partial charge in [0, 0.05) is 24.4 Å². The van der Waals surface area contributed by atoms with E-state index in [-0.39, 0.29) is 29.7 Å². The molecule has 0 spiro atoms. The molecule has 1 heterocycles. The third-order valence-electron chi connectivity index (χ3n) is 5.32. The average Bonchev–Trinajstić information content (AvgIpc) is 2.82. The Morgan fingerprint density at radius 1 is 1.21 bits per heavy atom. The highest BCUT2D eigenvalue weighted by molar-refractivity contribution is 7.98. The highest BCUT2D eigenvalue weighted by Gasteiger charge is 2.28. The Morgan fingerprint density at radius 2 is 1.97 bits per heavy atom. The van der Waals surface area contributed by atoms with E-state index >= 15 is 0 Å². The molecule has 8 nitrogen and oxygen atoms in total. The molecule has 1 aliphatic carbocycles. The molecule has 1 aromatic carbocycles. The quantitative estimate of drug-likeness (QED) is 0.556. The maximum Gasteiger partial charge on any atom is 0.328 e. The number of aromatic nitrogens is 1. The van der Waals surface area contributed by atoms with E-state index in [1.54, 1.807) is 6.92 Å². The lowest BCUT2D eigenvalue weighted by atomic mass is 9.90. The summed E-state index contributed by atoms with van der Waals surface area (Å²) in [6.07, 6.45) is 5.41. The van der Waals surface area contributed by atoms with Gasteiger partial charge in [0.15, 0.2) is 11.4 Å². The molecule has 1 unspecified atom stereocenters. The highest BCUT2D eigenvalue weighted by Crippen LogP contribution is 2.30. The van der Waals surface area contributed by atoms with Gasteiger partial charge >= 0.3 is 11.9 Å². The smallest absolute Gasteiger partial charge is 0.328 e.